The standard InChI is InChI=1S/C17H15NO3/c1-11-3-8-14-15(18-19)10-16(21-17(14)9-11)12-4-6-13(20-2)7-5-12/h3-10,19H,1-2H3/b18-15+. The van der Waals surface area contributed by atoms with Gasteiger partial charge in [0.2, 0.25) is 0 Å². The largest absolute Gasteiger partial charge is 0.497 e. The minimum Gasteiger partial charge on any atom is -0.497 e. The van der Waals surface area contributed by atoms with Crippen molar-refractivity contribution in [1.82, 2.24) is 0 Å². The Balaban J connectivity index is 2.22. The van der Waals surface area contributed by atoms with E-state index >= 15 is 0 Å². The fraction of sp³-hybridized carbons (Fsp3) is 0.118. The molecule has 0 spiro atoms. The molecule has 21 heavy (non-hydrogen) atoms. The first-order valence-electron chi connectivity index (χ1n) is 6.58. The van der Waals surface area contributed by atoms with Gasteiger partial charge < -0.3 is 14.4 Å². The van der Waals surface area contributed by atoms with Crippen LogP contribution in [0.1, 0.15) is 5.56 Å². The van der Waals surface area contributed by atoms with Crippen molar-refractivity contribution in [3.05, 3.63) is 59.5 Å². The minimum absolute atomic E-state index is 0.488. The van der Waals surface area contributed by atoms with Gasteiger partial charge in [0.15, 0.2) is 0 Å². The van der Waals surface area contributed by atoms with Crippen LogP contribution in [0, 0.1) is 6.92 Å². The summed E-state index contributed by atoms with van der Waals surface area (Å²) in [6.07, 6.45) is 0. The van der Waals surface area contributed by atoms with E-state index in [9.17, 15) is 5.21 Å². The van der Waals surface area contributed by atoms with E-state index in [4.69, 9.17) is 9.15 Å². The number of hydrogen-bond acceptors (Lipinski definition) is 4. The van der Waals surface area contributed by atoms with Gasteiger partial charge in [0, 0.05) is 17.0 Å². The molecule has 3 aromatic rings. The summed E-state index contributed by atoms with van der Waals surface area (Å²) >= 11 is 0. The monoisotopic (exact) mass is 281 g/mol. The summed E-state index contributed by atoms with van der Waals surface area (Å²) in [5.74, 6) is 1.42. The lowest BCUT2D eigenvalue weighted by Crippen LogP contribution is -2.03. The van der Waals surface area contributed by atoms with Crippen molar-refractivity contribution in [2.24, 2.45) is 5.16 Å². The van der Waals surface area contributed by atoms with E-state index in [1.807, 2.05) is 49.4 Å². The lowest BCUT2D eigenvalue weighted by molar-refractivity contribution is 0.302. The topological polar surface area (TPSA) is 55.0 Å². The summed E-state index contributed by atoms with van der Waals surface area (Å²) in [6, 6.07) is 15.0. The smallest absolute Gasteiger partial charge is 0.137 e. The SMILES string of the molecule is COc1ccc(-c2c/c(=N\O)c3ccc(C)cc3o2)cc1. The molecule has 0 unspecified atom stereocenters. The van der Waals surface area contributed by atoms with E-state index in [1.54, 1.807) is 13.2 Å². The number of rotatable bonds is 2. The van der Waals surface area contributed by atoms with Crippen molar-refractivity contribution in [2.75, 3.05) is 7.11 Å². The van der Waals surface area contributed by atoms with Crippen LogP contribution in [-0.4, -0.2) is 12.3 Å². The lowest BCUT2D eigenvalue weighted by Gasteiger charge is -2.06. The van der Waals surface area contributed by atoms with Crippen molar-refractivity contribution in [1.29, 1.82) is 0 Å². The zero-order valence-corrected chi connectivity index (χ0v) is 11.8. The molecule has 0 radical (unpaired) electrons. The van der Waals surface area contributed by atoms with Crippen LogP contribution < -0.4 is 10.1 Å². The molecule has 2 aromatic carbocycles. The Morgan fingerprint density at radius 2 is 1.81 bits per heavy atom. The van der Waals surface area contributed by atoms with Gasteiger partial charge in [-0.05, 0) is 48.9 Å². The second-order valence-electron chi connectivity index (χ2n) is 4.82. The maximum Gasteiger partial charge on any atom is 0.137 e. The molecular formula is C17H15NO3. The molecule has 106 valence electrons. The van der Waals surface area contributed by atoms with Gasteiger partial charge in [0.25, 0.3) is 0 Å². The Morgan fingerprint density at radius 1 is 1.05 bits per heavy atom. The molecule has 0 bridgehead atoms. The summed E-state index contributed by atoms with van der Waals surface area (Å²) in [4.78, 5) is 0. The molecule has 0 fully saturated rings. The van der Waals surface area contributed by atoms with Crippen LogP contribution in [0.15, 0.2) is 58.1 Å². The van der Waals surface area contributed by atoms with Gasteiger partial charge in [0.05, 0.1) is 7.11 Å². The highest BCUT2D eigenvalue weighted by molar-refractivity contribution is 5.79. The third-order valence-corrected chi connectivity index (χ3v) is 3.38. The normalized spacial score (nSPS) is 11.8. The van der Waals surface area contributed by atoms with Gasteiger partial charge in [-0.25, -0.2) is 0 Å². The van der Waals surface area contributed by atoms with E-state index in [0.717, 1.165) is 22.3 Å². The quantitative estimate of drug-likeness (QED) is 0.575. The van der Waals surface area contributed by atoms with Crippen molar-refractivity contribution in [3.8, 4) is 17.1 Å². The first-order valence-corrected chi connectivity index (χ1v) is 6.58. The summed E-state index contributed by atoms with van der Waals surface area (Å²) in [7, 11) is 1.63. The van der Waals surface area contributed by atoms with Gasteiger partial charge in [-0.3, -0.25) is 0 Å². The number of methoxy groups -OCH3 is 1. The van der Waals surface area contributed by atoms with Crippen LogP contribution >= 0.6 is 0 Å². The van der Waals surface area contributed by atoms with E-state index in [1.165, 1.54) is 0 Å². The lowest BCUT2D eigenvalue weighted by atomic mass is 10.1. The van der Waals surface area contributed by atoms with Crippen LogP contribution in [0.25, 0.3) is 22.3 Å². The fourth-order valence-electron chi connectivity index (χ4n) is 2.26. The average Bonchev–Trinajstić information content (AvgIpc) is 2.53. The Morgan fingerprint density at radius 3 is 2.48 bits per heavy atom. The number of aryl methyl sites for hydroxylation is 1. The van der Waals surface area contributed by atoms with E-state index in [0.29, 0.717) is 16.7 Å². The molecule has 0 atom stereocenters. The highest BCUT2D eigenvalue weighted by Crippen LogP contribution is 2.24. The molecule has 0 saturated heterocycles. The van der Waals surface area contributed by atoms with Crippen molar-refractivity contribution in [3.63, 3.8) is 0 Å². The molecule has 3 rings (SSSR count). The zero-order valence-electron chi connectivity index (χ0n) is 11.8. The van der Waals surface area contributed by atoms with Crippen LogP contribution in [0.3, 0.4) is 0 Å². The molecule has 0 aliphatic heterocycles. The van der Waals surface area contributed by atoms with Crippen LogP contribution in [0.5, 0.6) is 5.75 Å². The van der Waals surface area contributed by atoms with Gasteiger partial charge >= 0.3 is 0 Å². The number of fused-ring (bicyclic) bond motifs is 1. The van der Waals surface area contributed by atoms with Crippen LogP contribution in [0.4, 0.5) is 0 Å². The summed E-state index contributed by atoms with van der Waals surface area (Å²) < 4.78 is 11.1. The van der Waals surface area contributed by atoms with Crippen molar-refractivity contribution < 1.29 is 14.4 Å². The zero-order chi connectivity index (χ0) is 14.8. The molecule has 4 heteroatoms. The van der Waals surface area contributed by atoms with Gasteiger partial charge in [0.1, 0.15) is 22.5 Å². The Bertz CT molecular complexity index is 848. The molecule has 0 saturated carbocycles. The maximum absolute atomic E-state index is 9.22. The van der Waals surface area contributed by atoms with Gasteiger partial charge in [-0.2, -0.15) is 0 Å². The van der Waals surface area contributed by atoms with E-state index < -0.39 is 0 Å². The number of ether oxygens (including phenoxy) is 1. The third kappa shape index (κ3) is 2.48. The van der Waals surface area contributed by atoms with Crippen LogP contribution in [-0.2, 0) is 0 Å². The molecule has 0 aliphatic carbocycles. The molecule has 4 nitrogen and oxygen atoms in total. The summed E-state index contributed by atoms with van der Waals surface area (Å²) in [6.45, 7) is 1.99. The Kier molecular flexibility index (Phi) is 3.36. The fourth-order valence-corrected chi connectivity index (χ4v) is 2.26. The number of nitrogens with zero attached hydrogens (tertiary/aromatic N) is 1. The van der Waals surface area contributed by atoms with E-state index in [-0.39, 0.29) is 0 Å². The number of benzene rings is 2. The van der Waals surface area contributed by atoms with Crippen molar-refractivity contribution >= 4 is 11.0 Å². The minimum atomic E-state index is 0.488. The van der Waals surface area contributed by atoms with Gasteiger partial charge in [-0.1, -0.05) is 11.2 Å². The van der Waals surface area contributed by atoms with Gasteiger partial charge in [-0.15, -0.1) is 0 Å². The molecule has 1 N–H and O–H groups in total. The predicted octanol–water partition coefficient (Wildman–Crippen LogP) is 3.71. The highest BCUT2D eigenvalue weighted by atomic mass is 16.5. The molecule has 0 aliphatic rings. The predicted molar refractivity (Wildman–Crippen MR) is 80.3 cm³/mol. The second kappa shape index (κ2) is 5.32. The van der Waals surface area contributed by atoms with Crippen molar-refractivity contribution in [2.45, 2.75) is 6.92 Å². The molecular weight excluding hydrogens is 266 g/mol. The Labute approximate surface area is 121 Å². The highest BCUT2D eigenvalue weighted by Gasteiger charge is 2.06. The maximum atomic E-state index is 9.22. The Hall–Kier alpha value is -2.75. The third-order valence-electron chi connectivity index (χ3n) is 3.38. The number of hydrogen-bond donors (Lipinski definition) is 1. The first-order chi connectivity index (χ1) is 10.2. The second-order valence-corrected chi connectivity index (χ2v) is 4.82. The molecule has 0 amide bonds. The average molecular weight is 281 g/mol. The summed E-state index contributed by atoms with van der Waals surface area (Å²) in [5.41, 5.74) is 2.67. The molecule has 1 heterocycles. The summed E-state index contributed by atoms with van der Waals surface area (Å²) in [5, 5.41) is 13.9. The molecule has 1 aromatic heterocycles. The van der Waals surface area contributed by atoms with Crippen LogP contribution in [0.2, 0.25) is 0 Å². The first kappa shape index (κ1) is 13.2. The van der Waals surface area contributed by atoms with E-state index in [2.05, 4.69) is 5.16 Å².